The Bertz CT molecular complexity index is 583. The van der Waals surface area contributed by atoms with Gasteiger partial charge in [0.2, 0.25) is 5.88 Å². The molecule has 0 radical (unpaired) electrons. The highest BCUT2D eigenvalue weighted by molar-refractivity contribution is 5.92. The molecule has 0 bridgehead atoms. The lowest BCUT2D eigenvalue weighted by molar-refractivity contribution is 0.423. The van der Waals surface area contributed by atoms with E-state index in [4.69, 9.17) is 15.9 Å². The standard InChI is InChI=1S/C12H11FN4O/c1-7-3-2-4-9(11(7)13)18-10-6-16-8(5-17-10)12(14)15/h2-6H,1H3,(H3,14,15). The number of hydrogen-bond acceptors (Lipinski definition) is 4. The van der Waals surface area contributed by atoms with Gasteiger partial charge in [0.05, 0.1) is 12.4 Å². The highest BCUT2D eigenvalue weighted by Crippen LogP contribution is 2.24. The van der Waals surface area contributed by atoms with Crippen LogP contribution in [0.15, 0.2) is 30.6 Å². The predicted octanol–water partition coefficient (Wildman–Crippen LogP) is 2.00. The fourth-order valence-electron chi connectivity index (χ4n) is 1.32. The van der Waals surface area contributed by atoms with Gasteiger partial charge in [-0.2, -0.15) is 0 Å². The third-order valence-electron chi connectivity index (χ3n) is 2.27. The summed E-state index contributed by atoms with van der Waals surface area (Å²) in [5.41, 5.74) is 5.97. The predicted molar refractivity (Wildman–Crippen MR) is 64.3 cm³/mol. The number of rotatable bonds is 3. The van der Waals surface area contributed by atoms with Crippen molar-refractivity contribution in [1.82, 2.24) is 9.97 Å². The maximum Gasteiger partial charge on any atom is 0.238 e. The van der Waals surface area contributed by atoms with Crippen molar-refractivity contribution in [3.63, 3.8) is 0 Å². The molecule has 0 saturated heterocycles. The molecule has 0 aliphatic carbocycles. The molecule has 1 heterocycles. The number of aromatic nitrogens is 2. The average molecular weight is 246 g/mol. The Morgan fingerprint density at radius 2 is 2.11 bits per heavy atom. The van der Waals surface area contributed by atoms with E-state index in [-0.39, 0.29) is 23.2 Å². The van der Waals surface area contributed by atoms with Gasteiger partial charge in [0, 0.05) is 0 Å². The van der Waals surface area contributed by atoms with Crippen molar-refractivity contribution in [2.75, 3.05) is 0 Å². The van der Waals surface area contributed by atoms with E-state index in [0.29, 0.717) is 5.56 Å². The molecule has 0 aliphatic heterocycles. The minimum absolute atomic E-state index is 0.0832. The summed E-state index contributed by atoms with van der Waals surface area (Å²) in [6, 6.07) is 4.83. The molecular weight excluding hydrogens is 235 g/mol. The quantitative estimate of drug-likeness (QED) is 0.640. The Morgan fingerprint density at radius 3 is 2.72 bits per heavy atom. The number of nitrogens with zero attached hydrogens (tertiary/aromatic N) is 2. The smallest absolute Gasteiger partial charge is 0.238 e. The van der Waals surface area contributed by atoms with Gasteiger partial charge in [-0.15, -0.1) is 0 Å². The van der Waals surface area contributed by atoms with Gasteiger partial charge < -0.3 is 10.5 Å². The summed E-state index contributed by atoms with van der Waals surface area (Å²) in [4.78, 5) is 7.76. The van der Waals surface area contributed by atoms with Crippen LogP contribution < -0.4 is 10.5 Å². The molecule has 1 aromatic heterocycles. The maximum absolute atomic E-state index is 13.7. The van der Waals surface area contributed by atoms with Crippen molar-refractivity contribution >= 4 is 5.84 Å². The highest BCUT2D eigenvalue weighted by Gasteiger charge is 2.08. The second-order valence-electron chi connectivity index (χ2n) is 3.64. The average Bonchev–Trinajstić information content (AvgIpc) is 2.36. The van der Waals surface area contributed by atoms with Gasteiger partial charge in [-0.05, 0) is 18.6 Å². The van der Waals surface area contributed by atoms with Gasteiger partial charge in [-0.1, -0.05) is 12.1 Å². The molecule has 0 atom stereocenters. The largest absolute Gasteiger partial charge is 0.434 e. The molecule has 2 aromatic rings. The summed E-state index contributed by atoms with van der Waals surface area (Å²) in [5.74, 6) is -0.393. The maximum atomic E-state index is 13.7. The summed E-state index contributed by atoms with van der Waals surface area (Å²) in [7, 11) is 0. The van der Waals surface area contributed by atoms with Crippen molar-refractivity contribution in [3.8, 4) is 11.6 Å². The van der Waals surface area contributed by atoms with Crippen molar-refractivity contribution in [2.24, 2.45) is 5.73 Å². The molecule has 0 aliphatic rings. The number of hydrogen-bond donors (Lipinski definition) is 2. The Kier molecular flexibility index (Phi) is 3.18. The van der Waals surface area contributed by atoms with Crippen LogP contribution in [-0.4, -0.2) is 15.8 Å². The molecule has 0 spiro atoms. The summed E-state index contributed by atoms with van der Waals surface area (Å²) in [6.45, 7) is 1.65. The van der Waals surface area contributed by atoms with E-state index in [0.717, 1.165) is 0 Å². The van der Waals surface area contributed by atoms with Crippen LogP contribution in [0.2, 0.25) is 0 Å². The van der Waals surface area contributed by atoms with E-state index in [1.54, 1.807) is 19.1 Å². The van der Waals surface area contributed by atoms with Crippen LogP contribution in [0.3, 0.4) is 0 Å². The molecule has 0 fully saturated rings. The minimum atomic E-state index is -0.435. The van der Waals surface area contributed by atoms with Crippen molar-refractivity contribution in [1.29, 1.82) is 5.41 Å². The summed E-state index contributed by atoms with van der Waals surface area (Å²) < 4.78 is 18.9. The number of amidine groups is 1. The second kappa shape index (κ2) is 4.79. The number of halogens is 1. The number of nitrogens with one attached hydrogen (secondary N) is 1. The Balaban J connectivity index is 2.24. The number of benzene rings is 1. The van der Waals surface area contributed by atoms with E-state index in [2.05, 4.69) is 9.97 Å². The van der Waals surface area contributed by atoms with E-state index >= 15 is 0 Å². The topological polar surface area (TPSA) is 84.9 Å². The van der Waals surface area contributed by atoms with Gasteiger partial charge in [-0.3, -0.25) is 5.41 Å². The van der Waals surface area contributed by atoms with Gasteiger partial charge in [0.1, 0.15) is 11.5 Å². The number of nitrogen functional groups attached to an aromatic ring is 1. The third kappa shape index (κ3) is 2.42. The van der Waals surface area contributed by atoms with Crippen LogP contribution in [0.4, 0.5) is 4.39 Å². The normalized spacial score (nSPS) is 10.1. The first-order chi connectivity index (χ1) is 8.58. The molecule has 6 heteroatoms. The lowest BCUT2D eigenvalue weighted by atomic mass is 10.2. The minimum Gasteiger partial charge on any atom is -0.434 e. The van der Waals surface area contributed by atoms with E-state index < -0.39 is 5.82 Å². The highest BCUT2D eigenvalue weighted by atomic mass is 19.1. The summed E-state index contributed by atoms with van der Waals surface area (Å²) >= 11 is 0. The van der Waals surface area contributed by atoms with Gasteiger partial charge in [-0.25, -0.2) is 14.4 Å². The molecule has 18 heavy (non-hydrogen) atoms. The lowest BCUT2D eigenvalue weighted by Gasteiger charge is -2.07. The number of nitrogens with two attached hydrogens (primary N) is 1. The van der Waals surface area contributed by atoms with E-state index in [9.17, 15) is 4.39 Å². The van der Waals surface area contributed by atoms with Gasteiger partial charge in [0.15, 0.2) is 11.6 Å². The van der Waals surface area contributed by atoms with E-state index in [1.165, 1.54) is 18.5 Å². The van der Waals surface area contributed by atoms with Crippen molar-refractivity contribution < 1.29 is 9.13 Å². The van der Waals surface area contributed by atoms with Crippen molar-refractivity contribution in [3.05, 3.63) is 47.7 Å². The first kappa shape index (κ1) is 12.0. The van der Waals surface area contributed by atoms with Gasteiger partial charge in [0.25, 0.3) is 0 Å². The summed E-state index contributed by atoms with van der Waals surface area (Å²) in [5, 5.41) is 7.16. The monoisotopic (exact) mass is 246 g/mol. The number of aryl methyl sites for hydroxylation is 1. The van der Waals surface area contributed by atoms with Crippen molar-refractivity contribution in [2.45, 2.75) is 6.92 Å². The van der Waals surface area contributed by atoms with Crippen LogP contribution in [0.5, 0.6) is 11.6 Å². The van der Waals surface area contributed by atoms with E-state index in [1.807, 2.05) is 0 Å². The molecule has 92 valence electrons. The fraction of sp³-hybridized carbons (Fsp3) is 0.0833. The first-order valence-electron chi connectivity index (χ1n) is 5.17. The Morgan fingerprint density at radius 1 is 1.33 bits per heavy atom. The zero-order valence-electron chi connectivity index (χ0n) is 9.64. The molecule has 0 unspecified atom stereocenters. The Labute approximate surface area is 103 Å². The van der Waals surface area contributed by atoms with Crippen LogP contribution >= 0.6 is 0 Å². The molecule has 0 saturated carbocycles. The van der Waals surface area contributed by atoms with Crippen LogP contribution in [0.1, 0.15) is 11.3 Å². The zero-order valence-corrected chi connectivity index (χ0v) is 9.64. The van der Waals surface area contributed by atoms with Crippen LogP contribution in [-0.2, 0) is 0 Å². The van der Waals surface area contributed by atoms with Gasteiger partial charge >= 0.3 is 0 Å². The summed E-state index contributed by atoms with van der Waals surface area (Å²) in [6.07, 6.45) is 2.59. The molecule has 1 aromatic carbocycles. The first-order valence-corrected chi connectivity index (χ1v) is 5.17. The molecule has 0 amide bonds. The molecule has 2 rings (SSSR count). The Hall–Kier alpha value is -2.50. The second-order valence-corrected chi connectivity index (χ2v) is 3.64. The molecule has 5 nitrogen and oxygen atoms in total. The number of ether oxygens (including phenoxy) is 1. The SMILES string of the molecule is Cc1cccc(Oc2cnc(C(=N)N)cn2)c1F. The lowest BCUT2D eigenvalue weighted by Crippen LogP contribution is -2.13. The fourth-order valence-corrected chi connectivity index (χ4v) is 1.32. The zero-order chi connectivity index (χ0) is 13.1. The molecule has 3 N–H and O–H groups in total. The third-order valence-corrected chi connectivity index (χ3v) is 2.27. The molecular formula is C12H11FN4O. The van der Waals surface area contributed by atoms with Crippen LogP contribution in [0.25, 0.3) is 0 Å². The van der Waals surface area contributed by atoms with Crippen LogP contribution in [0, 0.1) is 18.2 Å².